The number of nitrogens with zero attached hydrogens (tertiary/aromatic N) is 2. The van der Waals surface area contributed by atoms with Crippen molar-refractivity contribution in [1.82, 2.24) is 9.80 Å². The molecule has 4 atom stereocenters. The molecule has 4 unspecified atom stereocenters. The Bertz CT molecular complexity index is 1300. The lowest BCUT2D eigenvalue weighted by molar-refractivity contribution is -0.161. The van der Waals surface area contributed by atoms with Crippen LogP contribution in [0.2, 0.25) is 0 Å². The third kappa shape index (κ3) is 3.87. The Balaban J connectivity index is 1.57. The number of aliphatic hydroxyl groups is 3. The molecule has 1 aromatic carbocycles. The maximum absolute atomic E-state index is 13.8. The van der Waals surface area contributed by atoms with Crippen molar-refractivity contribution in [3.8, 4) is 5.75 Å². The molecule has 1 aliphatic heterocycles. The van der Waals surface area contributed by atoms with E-state index in [1.54, 1.807) is 12.1 Å². The fraction of sp³-hybridized carbons (Fsp3) is 0.480. The maximum Gasteiger partial charge on any atom is 0.401 e. The Morgan fingerprint density at radius 3 is 2.37 bits per heavy atom. The number of amides is 1. The molecule has 2 fully saturated rings. The molecule has 13 heteroatoms. The highest BCUT2D eigenvalue weighted by Gasteiger charge is 2.64. The van der Waals surface area contributed by atoms with Gasteiger partial charge in [-0.3, -0.25) is 24.2 Å². The van der Waals surface area contributed by atoms with Gasteiger partial charge in [0.1, 0.15) is 22.8 Å². The molecular formula is C25H26F3N3O7. The Labute approximate surface area is 214 Å². The zero-order valence-electron chi connectivity index (χ0n) is 20.0. The van der Waals surface area contributed by atoms with Gasteiger partial charge in [-0.05, 0) is 30.4 Å². The number of hydrogen-bond acceptors (Lipinski definition) is 9. The Morgan fingerprint density at radius 2 is 1.76 bits per heavy atom. The summed E-state index contributed by atoms with van der Waals surface area (Å²) in [4.78, 5) is 42.2. The van der Waals surface area contributed by atoms with E-state index in [0.29, 0.717) is 5.56 Å². The van der Waals surface area contributed by atoms with E-state index in [0.717, 1.165) is 4.90 Å². The molecule has 6 N–H and O–H groups in total. The first-order chi connectivity index (χ1) is 17.8. The number of hydrogen-bond donors (Lipinski definition) is 5. The molecule has 204 valence electrons. The van der Waals surface area contributed by atoms with Gasteiger partial charge >= 0.3 is 6.18 Å². The average Bonchev–Trinajstić information content (AvgIpc) is 2.81. The summed E-state index contributed by atoms with van der Waals surface area (Å²) in [6.07, 6.45) is -4.32. The zero-order chi connectivity index (χ0) is 27.7. The van der Waals surface area contributed by atoms with Crippen molar-refractivity contribution in [2.24, 2.45) is 17.6 Å². The van der Waals surface area contributed by atoms with E-state index in [1.807, 2.05) is 0 Å². The smallest absolute Gasteiger partial charge is 0.401 e. The second-order valence-electron chi connectivity index (χ2n) is 10.2. The number of aliphatic hydroxyl groups excluding tert-OH is 2. The monoisotopic (exact) mass is 537 g/mol. The lowest BCUT2D eigenvalue weighted by Gasteiger charge is -2.52. The molecule has 3 aliphatic carbocycles. The molecule has 10 nitrogen and oxygen atoms in total. The van der Waals surface area contributed by atoms with Gasteiger partial charge < -0.3 is 26.2 Å². The van der Waals surface area contributed by atoms with Crippen LogP contribution in [-0.4, -0.2) is 98.2 Å². The minimum absolute atomic E-state index is 0.0111. The SMILES string of the molecule is NC(=O)C1=C(O)C2(O)C(=O)C3=C(O)c4c(O)cccc4CC3CC2C(N2CCN(CC(F)(F)F)CC2)C1=O. The quantitative estimate of drug-likeness (QED) is 0.347. The van der Waals surface area contributed by atoms with Gasteiger partial charge in [-0.2, -0.15) is 13.2 Å². The summed E-state index contributed by atoms with van der Waals surface area (Å²) in [5, 5.41) is 43.9. The number of primary amides is 1. The zero-order valence-corrected chi connectivity index (χ0v) is 20.0. The molecule has 0 aromatic heterocycles. The molecule has 0 spiro atoms. The molecule has 0 radical (unpaired) electrons. The number of rotatable bonds is 3. The van der Waals surface area contributed by atoms with Crippen molar-refractivity contribution in [2.45, 2.75) is 30.7 Å². The first-order valence-electron chi connectivity index (χ1n) is 12.1. The molecule has 0 bridgehead atoms. The standard InChI is InChI=1S/C25H26F3N3O7/c26-24(27,28)10-30-4-6-31(7-5-30)18-13-9-12-8-11-2-1-3-14(32)15(11)19(33)16(12)21(35)25(13,38)22(36)17(20(18)34)23(29)37/h1-3,12-13,18,32-33,36,38H,4-10H2,(H2,29,37). The maximum atomic E-state index is 13.8. The van der Waals surface area contributed by atoms with E-state index in [1.165, 1.54) is 11.0 Å². The molecule has 5 rings (SSSR count). The van der Waals surface area contributed by atoms with Crippen molar-refractivity contribution in [1.29, 1.82) is 0 Å². The van der Waals surface area contributed by atoms with E-state index >= 15 is 0 Å². The predicted molar refractivity (Wildman–Crippen MR) is 125 cm³/mol. The molecule has 1 saturated heterocycles. The summed E-state index contributed by atoms with van der Waals surface area (Å²) >= 11 is 0. The van der Waals surface area contributed by atoms with Crippen molar-refractivity contribution in [2.75, 3.05) is 32.7 Å². The number of carbonyl (C=O) groups is 3. The lowest BCUT2D eigenvalue weighted by Crippen LogP contribution is -2.68. The third-order valence-electron chi connectivity index (χ3n) is 8.10. The van der Waals surface area contributed by atoms with Crippen molar-refractivity contribution in [3.63, 3.8) is 0 Å². The second-order valence-corrected chi connectivity index (χ2v) is 10.2. The minimum Gasteiger partial charge on any atom is -0.508 e. The normalized spacial score (nSPS) is 30.7. The van der Waals surface area contributed by atoms with Crippen molar-refractivity contribution in [3.05, 3.63) is 46.2 Å². The lowest BCUT2D eigenvalue weighted by atomic mass is 9.57. The van der Waals surface area contributed by atoms with Crippen LogP contribution in [0.25, 0.3) is 5.76 Å². The molecule has 1 amide bonds. The van der Waals surface area contributed by atoms with Crippen LogP contribution < -0.4 is 5.73 Å². The van der Waals surface area contributed by atoms with Crippen LogP contribution in [0.1, 0.15) is 17.5 Å². The summed E-state index contributed by atoms with van der Waals surface area (Å²) in [6.45, 7) is -1.33. The largest absolute Gasteiger partial charge is 0.508 e. The van der Waals surface area contributed by atoms with Crippen LogP contribution in [0.15, 0.2) is 35.1 Å². The number of carbonyl (C=O) groups excluding carboxylic acids is 3. The fourth-order valence-electron chi connectivity index (χ4n) is 6.46. The highest BCUT2D eigenvalue weighted by Crippen LogP contribution is 2.52. The number of phenols is 1. The molecular weight excluding hydrogens is 511 g/mol. The number of nitrogens with two attached hydrogens (primary N) is 1. The molecule has 1 saturated carbocycles. The van der Waals surface area contributed by atoms with E-state index < -0.39 is 70.8 Å². The van der Waals surface area contributed by atoms with Gasteiger partial charge in [0.2, 0.25) is 5.78 Å². The summed E-state index contributed by atoms with van der Waals surface area (Å²) < 4.78 is 38.6. The van der Waals surface area contributed by atoms with E-state index in [-0.39, 0.29) is 55.9 Å². The van der Waals surface area contributed by atoms with Crippen LogP contribution in [-0.2, 0) is 20.8 Å². The fourth-order valence-corrected chi connectivity index (χ4v) is 6.46. The van der Waals surface area contributed by atoms with Gasteiger partial charge in [-0.15, -0.1) is 0 Å². The number of fused-ring (bicyclic) bond motifs is 3. The number of Topliss-reactive ketones (excluding diaryl/α,β-unsaturated/α-hetero) is 2. The number of benzene rings is 1. The highest BCUT2D eigenvalue weighted by atomic mass is 19.4. The summed E-state index contributed by atoms with van der Waals surface area (Å²) in [5.41, 5.74) is 1.89. The highest BCUT2D eigenvalue weighted by molar-refractivity contribution is 6.24. The second kappa shape index (κ2) is 8.82. The number of phenolic OH excluding ortho intramolecular Hbond substituents is 1. The predicted octanol–water partition coefficient (Wildman–Crippen LogP) is 0.582. The third-order valence-corrected chi connectivity index (χ3v) is 8.10. The van der Waals surface area contributed by atoms with E-state index in [4.69, 9.17) is 5.73 Å². The molecule has 1 aromatic rings. The van der Waals surface area contributed by atoms with Crippen LogP contribution >= 0.6 is 0 Å². The van der Waals surface area contributed by atoms with Gasteiger partial charge in [0.05, 0.1) is 18.2 Å². The van der Waals surface area contributed by atoms with Gasteiger partial charge in [0.15, 0.2) is 11.4 Å². The minimum atomic E-state index is -4.41. The van der Waals surface area contributed by atoms with E-state index in [2.05, 4.69) is 0 Å². The first-order valence-corrected chi connectivity index (χ1v) is 12.1. The number of piperazine rings is 1. The Morgan fingerprint density at radius 1 is 1.11 bits per heavy atom. The van der Waals surface area contributed by atoms with Crippen LogP contribution in [0.4, 0.5) is 13.2 Å². The summed E-state index contributed by atoms with van der Waals surface area (Å²) in [7, 11) is 0. The van der Waals surface area contributed by atoms with Gasteiger partial charge in [0, 0.05) is 37.7 Å². The summed E-state index contributed by atoms with van der Waals surface area (Å²) in [5.74, 6) is -7.49. The summed E-state index contributed by atoms with van der Waals surface area (Å²) in [6, 6.07) is 3.20. The van der Waals surface area contributed by atoms with Gasteiger partial charge in [-0.25, -0.2) is 0 Å². The van der Waals surface area contributed by atoms with Crippen LogP contribution in [0.3, 0.4) is 0 Å². The molecule has 4 aliphatic rings. The topological polar surface area (TPSA) is 165 Å². The van der Waals surface area contributed by atoms with Crippen molar-refractivity contribution < 1.29 is 48.0 Å². The average molecular weight is 537 g/mol. The number of alkyl halides is 3. The van der Waals surface area contributed by atoms with Crippen LogP contribution in [0, 0.1) is 11.8 Å². The van der Waals surface area contributed by atoms with Gasteiger partial charge in [-0.1, -0.05) is 12.1 Å². The Hall–Kier alpha value is -3.42. The van der Waals surface area contributed by atoms with Gasteiger partial charge in [0.25, 0.3) is 5.91 Å². The van der Waals surface area contributed by atoms with E-state index in [9.17, 15) is 48.0 Å². The number of ketones is 2. The number of aromatic hydroxyl groups is 1. The first kappa shape index (κ1) is 26.2. The van der Waals surface area contributed by atoms with Crippen LogP contribution in [0.5, 0.6) is 5.75 Å². The number of halogens is 3. The Kier molecular flexibility index (Phi) is 6.08. The molecule has 38 heavy (non-hydrogen) atoms. The van der Waals surface area contributed by atoms with Crippen molar-refractivity contribution >= 4 is 23.2 Å². The molecule has 1 heterocycles.